The molecule has 2 rings (SSSR count). The molecule has 0 amide bonds. The Bertz CT molecular complexity index is 499. The third-order valence-corrected chi connectivity index (χ3v) is 2.85. The molecule has 1 N–H and O–H groups in total. The Morgan fingerprint density at radius 2 is 2.25 bits per heavy atom. The maximum atomic E-state index is 4.37. The summed E-state index contributed by atoms with van der Waals surface area (Å²) in [4.78, 5) is 4.37. The lowest BCUT2D eigenvalue weighted by Crippen LogP contribution is -2.30. The molecule has 1 atom stereocenters. The molecule has 16 heavy (non-hydrogen) atoms. The lowest BCUT2D eigenvalue weighted by molar-refractivity contribution is 0.544. The van der Waals surface area contributed by atoms with E-state index in [1.807, 2.05) is 38.5 Å². The van der Waals surface area contributed by atoms with E-state index in [-0.39, 0.29) is 6.04 Å². The van der Waals surface area contributed by atoms with Crippen LogP contribution in [0.15, 0.2) is 42.7 Å². The van der Waals surface area contributed by atoms with Crippen molar-refractivity contribution in [2.45, 2.75) is 19.5 Å². The third kappa shape index (κ3) is 1.99. The molecule has 1 unspecified atom stereocenters. The normalized spacial score (nSPS) is 12.9. The van der Waals surface area contributed by atoms with Crippen molar-refractivity contribution < 1.29 is 0 Å². The molecule has 0 fully saturated rings. The van der Waals surface area contributed by atoms with Crippen molar-refractivity contribution >= 4 is 11.0 Å². The molecule has 0 saturated heterocycles. The standard InChI is InChI=1S/C13H17N3/c1-10(2)12(14-3)8-16-9-15-11-6-4-5-7-13(11)16/h4-7,9,12,14H,1,8H2,2-3H3. The van der Waals surface area contributed by atoms with Crippen molar-refractivity contribution in [3.63, 3.8) is 0 Å². The van der Waals surface area contributed by atoms with Gasteiger partial charge < -0.3 is 9.88 Å². The highest BCUT2D eigenvalue weighted by atomic mass is 15.1. The van der Waals surface area contributed by atoms with Crippen LogP contribution in [-0.4, -0.2) is 22.6 Å². The monoisotopic (exact) mass is 215 g/mol. The lowest BCUT2D eigenvalue weighted by atomic mass is 10.1. The number of nitrogens with one attached hydrogen (secondary N) is 1. The minimum Gasteiger partial charge on any atom is -0.329 e. The van der Waals surface area contributed by atoms with Crippen LogP contribution in [-0.2, 0) is 6.54 Å². The fourth-order valence-corrected chi connectivity index (χ4v) is 1.85. The molecule has 3 heteroatoms. The van der Waals surface area contributed by atoms with Crippen LogP contribution in [0.4, 0.5) is 0 Å². The zero-order chi connectivity index (χ0) is 11.5. The number of rotatable bonds is 4. The van der Waals surface area contributed by atoms with Crippen LogP contribution in [0.25, 0.3) is 11.0 Å². The van der Waals surface area contributed by atoms with Gasteiger partial charge in [0.15, 0.2) is 0 Å². The van der Waals surface area contributed by atoms with Gasteiger partial charge in [-0.1, -0.05) is 24.3 Å². The van der Waals surface area contributed by atoms with Gasteiger partial charge in [-0.25, -0.2) is 4.98 Å². The molecule has 1 aromatic heterocycles. The first kappa shape index (κ1) is 10.9. The van der Waals surface area contributed by atoms with Crippen LogP contribution < -0.4 is 5.32 Å². The molecule has 0 spiro atoms. The number of hydrogen-bond acceptors (Lipinski definition) is 2. The van der Waals surface area contributed by atoms with E-state index >= 15 is 0 Å². The molecular weight excluding hydrogens is 198 g/mol. The zero-order valence-corrected chi connectivity index (χ0v) is 9.77. The zero-order valence-electron chi connectivity index (χ0n) is 9.77. The van der Waals surface area contributed by atoms with Crippen molar-refractivity contribution in [3.8, 4) is 0 Å². The van der Waals surface area contributed by atoms with Gasteiger partial charge in [0.2, 0.25) is 0 Å². The minimum atomic E-state index is 0.289. The molecule has 84 valence electrons. The van der Waals surface area contributed by atoms with Crippen molar-refractivity contribution in [2.24, 2.45) is 0 Å². The SMILES string of the molecule is C=C(C)C(Cn1cnc2ccccc21)NC. The van der Waals surface area contributed by atoms with Gasteiger partial charge in [0.1, 0.15) is 0 Å². The van der Waals surface area contributed by atoms with Gasteiger partial charge in [-0.05, 0) is 26.1 Å². The Morgan fingerprint density at radius 1 is 1.50 bits per heavy atom. The molecular formula is C13H17N3. The van der Waals surface area contributed by atoms with Gasteiger partial charge in [-0.3, -0.25) is 0 Å². The first-order valence-electron chi connectivity index (χ1n) is 5.45. The molecule has 0 radical (unpaired) electrons. The van der Waals surface area contributed by atoms with Crippen molar-refractivity contribution in [2.75, 3.05) is 7.05 Å². The van der Waals surface area contributed by atoms with Gasteiger partial charge in [-0.15, -0.1) is 0 Å². The van der Waals surface area contributed by atoms with Crippen LogP contribution in [0.5, 0.6) is 0 Å². The molecule has 2 aromatic rings. The van der Waals surface area contributed by atoms with Gasteiger partial charge in [-0.2, -0.15) is 0 Å². The fourth-order valence-electron chi connectivity index (χ4n) is 1.85. The number of benzene rings is 1. The summed E-state index contributed by atoms with van der Waals surface area (Å²) in [5.74, 6) is 0. The number of aromatic nitrogens is 2. The number of imidazole rings is 1. The van der Waals surface area contributed by atoms with E-state index in [4.69, 9.17) is 0 Å². The molecule has 0 aliphatic rings. The largest absolute Gasteiger partial charge is 0.329 e. The number of likely N-dealkylation sites (N-methyl/N-ethyl adjacent to an activating group) is 1. The van der Waals surface area contributed by atoms with Crippen LogP contribution in [0.2, 0.25) is 0 Å². The summed E-state index contributed by atoms with van der Waals surface area (Å²) < 4.78 is 2.16. The Hall–Kier alpha value is -1.61. The first-order chi connectivity index (χ1) is 7.72. The van der Waals surface area contributed by atoms with Crippen LogP contribution in [0, 0.1) is 0 Å². The average Bonchev–Trinajstić information content (AvgIpc) is 2.69. The van der Waals surface area contributed by atoms with Crippen molar-refractivity contribution in [1.29, 1.82) is 0 Å². The van der Waals surface area contributed by atoms with Crippen molar-refractivity contribution in [1.82, 2.24) is 14.9 Å². The number of nitrogens with zero attached hydrogens (tertiary/aromatic N) is 2. The predicted octanol–water partition coefficient (Wildman–Crippen LogP) is 2.20. The second kappa shape index (κ2) is 4.49. The van der Waals surface area contributed by atoms with E-state index < -0.39 is 0 Å². The third-order valence-electron chi connectivity index (χ3n) is 2.85. The Morgan fingerprint density at radius 3 is 2.94 bits per heavy atom. The van der Waals surface area contributed by atoms with E-state index in [9.17, 15) is 0 Å². The summed E-state index contributed by atoms with van der Waals surface area (Å²) >= 11 is 0. The van der Waals surface area contributed by atoms with Gasteiger partial charge in [0.25, 0.3) is 0 Å². The minimum absolute atomic E-state index is 0.289. The average molecular weight is 215 g/mol. The second-order valence-corrected chi connectivity index (χ2v) is 4.07. The first-order valence-corrected chi connectivity index (χ1v) is 5.45. The highest BCUT2D eigenvalue weighted by Crippen LogP contribution is 2.13. The summed E-state index contributed by atoms with van der Waals surface area (Å²) in [7, 11) is 1.96. The van der Waals surface area contributed by atoms with E-state index in [1.54, 1.807) is 0 Å². The molecule has 0 aliphatic heterocycles. The number of para-hydroxylation sites is 2. The second-order valence-electron chi connectivity index (χ2n) is 4.07. The van der Waals surface area contributed by atoms with E-state index in [2.05, 4.69) is 27.5 Å². The smallest absolute Gasteiger partial charge is 0.0958 e. The molecule has 1 aromatic carbocycles. The van der Waals surface area contributed by atoms with Crippen LogP contribution >= 0.6 is 0 Å². The van der Waals surface area contributed by atoms with Gasteiger partial charge in [0.05, 0.1) is 17.4 Å². The Kier molecular flexibility index (Phi) is 3.06. The summed E-state index contributed by atoms with van der Waals surface area (Å²) in [6.45, 7) is 6.90. The summed E-state index contributed by atoms with van der Waals surface area (Å²) in [5, 5.41) is 3.26. The quantitative estimate of drug-likeness (QED) is 0.792. The molecule has 0 bridgehead atoms. The number of hydrogen-bond donors (Lipinski definition) is 1. The summed E-state index contributed by atoms with van der Waals surface area (Å²) in [6.07, 6.45) is 1.89. The highest BCUT2D eigenvalue weighted by molar-refractivity contribution is 5.74. The van der Waals surface area contributed by atoms with Crippen molar-refractivity contribution in [3.05, 3.63) is 42.7 Å². The lowest BCUT2D eigenvalue weighted by Gasteiger charge is -2.17. The topological polar surface area (TPSA) is 29.9 Å². The van der Waals surface area contributed by atoms with Gasteiger partial charge >= 0.3 is 0 Å². The summed E-state index contributed by atoms with van der Waals surface area (Å²) in [6, 6.07) is 8.45. The van der Waals surface area contributed by atoms with Crippen LogP contribution in [0.1, 0.15) is 6.92 Å². The maximum absolute atomic E-state index is 4.37. The molecule has 0 aliphatic carbocycles. The molecule has 1 heterocycles. The van der Waals surface area contributed by atoms with E-state index in [0.29, 0.717) is 0 Å². The van der Waals surface area contributed by atoms with E-state index in [1.165, 1.54) is 5.52 Å². The van der Waals surface area contributed by atoms with E-state index in [0.717, 1.165) is 17.6 Å². The maximum Gasteiger partial charge on any atom is 0.0958 e. The van der Waals surface area contributed by atoms with Gasteiger partial charge in [0, 0.05) is 12.6 Å². The Balaban J connectivity index is 2.30. The number of fused-ring (bicyclic) bond motifs is 1. The van der Waals surface area contributed by atoms with Crippen LogP contribution in [0.3, 0.4) is 0 Å². The fraction of sp³-hybridized carbons (Fsp3) is 0.308. The highest BCUT2D eigenvalue weighted by Gasteiger charge is 2.09. The summed E-state index contributed by atoms with van der Waals surface area (Å²) in [5.41, 5.74) is 3.35. The Labute approximate surface area is 95.8 Å². The molecule has 0 saturated carbocycles. The molecule has 3 nitrogen and oxygen atoms in total. The predicted molar refractivity (Wildman–Crippen MR) is 67.4 cm³/mol.